The highest BCUT2D eigenvalue weighted by atomic mass is 79.9. The van der Waals surface area contributed by atoms with Gasteiger partial charge in [-0.05, 0) is 34.1 Å². The molecule has 1 aromatic rings. The quantitative estimate of drug-likeness (QED) is 0.821. The average Bonchev–Trinajstić information content (AvgIpc) is 2.23. The molecule has 1 amide bonds. The van der Waals surface area contributed by atoms with Crippen LogP contribution in [0.25, 0.3) is 0 Å². The summed E-state index contributed by atoms with van der Waals surface area (Å²) in [4.78, 5) is 21.8. The van der Waals surface area contributed by atoms with Crippen LogP contribution in [0.15, 0.2) is 27.1 Å². The van der Waals surface area contributed by atoms with E-state index >= 15 is 0 Å². The number of hydrogen-bond donors (Lipinski definition) is 2. The number of carboxylic acids is 1. The molecule has 0 aliphatic heterocycles. The van der Waals surface area contributed by atoms with Crippen LogP contribution in [0.5, 0.6) is 0 Å². The summed E-state index contributed by atoms with van der Waals surface area (Å²) in [5, 5.41) is 11.1. The van der Waals surface area contributed by atoms with Crippen molar-refractivity contribution in [1.29, 1.82) is 0 Å². The summed E-state index contributed by atoms with van der Waals surface area (Å²) in [6, 6.07) is 5.42. The molecule has 7 heteroatoms. The summed E-state index contributed by atoms with van der Waals surface area (Å²) in [6.07, 6.45) is 0. The Hall–Kier alpha value is -0.530. The highest BCUT2D eigenvalue weighted by Gasteiger charge is 2.07. The van der Waals surface area contributed by atoms with Crippen LogP contribution < -0.4 is 5.32 Å². The molecule has 1 aromatic carbocycles. The Balaban J connectivity index is 2.50. The van der Waals surface area contributed by atoms with E-state index in [0.29, 0.717) is 5.69 Å². The van der Waals surface area contributed by atoms with Crippen molar-refractivity contribution in [3.63, 3.8) is 0 Å². The number of carboxylic acid groups (broad SMARTS) is 1. The molecule has 0 atom stereocenters. The van der Waals surface area contributed by atoms with Crippen molar-refractivity contribution in [2.45, 2.75) is 0 Å². The van der Waals surface area contributed by atoms with Crippen molar-refractivity contribution < 1.29 is 14.7 Å². The third kappa shape index (κ3) is 5.56. The fourth-order valence-corrected chi connectivity index (χ4v) is 2.25. The number of benzene rings is 1. The van der Waals surface area contributed by atoms with Gasteiger partial charge in [-0.15, -0.1) is 11.8 Å². The van der Waals surface area contributed by atoms with E-state index in [-0.39, 0.29) is 17.4 Å². The predicted molar refractivity (Wildman–Crippen MR) is 75.4 cm³/mol. The standard InChI is InChI=1S/C10H9Br2NO3S/c11-6-1-2-7(12)8(3-6)13-9(14)4-17-5-10(15)16/h1-3H,4-5H2,(H,13,14)(H,15,16). The molecular weight excluding hydrogens is 374 g/mol. The lowest BCUT2D eigenvalue weighted by Gasteiger charge is -2.07. The molecule has 1 rings (SSSR count). The highest BCUT2D eigenvalue weighted by molar-refractivity contribution is 9.11. The van der Waals surface area contributed by atoms with Crippen molar-refractivity contribution in [2.24, 2.45) is 0 Å². The van der Waals surface area contributed by atoms with Crippen molar-refractivity contribution >= 4 is 61.2 Å². The molecule has 17 heavy (non-hydrogen) atoms. The van der Waals surface area contributed by atoms with Gasteiger partial charge in [0.1, 0.15) is 0 Å². The molecule has 0 aliphatic rings. The number of rotatable bonds is 5. The molecule has 2 N–H and O–H groups in total. The third-order valence-corrected chi connectivity index (χ3v) is 3.76. The molecule has 0 heterocycles. The van der Waals surface area contributed by atoms with E-state index < -0.39 is 5.97 Å². The zero-order valence-corrected chi connectivity index (χ0v) is 12.6. The molecule has 0 bridgehead atoms. The fraction of sp³-hybridized carbons (Fsp3) is 0.200. The van der Waals surface area contributed by atoms with Crippen LogP contribution in [0.2, 0.25) is 0 Å². The van der Waals surface area contributed by atoms with Gasteiger partial charge < -0.3 is 10.4 Å². The lowest BCUT2D eigenvalue weighted by atomic mass is 10.3. The van der Waals surface area contributed by atoms with Crippen LogP contribution in [0, 0.1) is 0 Å². The van der Waals surface area contributed by atoms with Crippen LogP contribution in [0.4, 0.5) is 5.69 Å². The normalized spacial score (nSPS) is 10.0. The minimum absolute atomic E-state index is 0.0763. The van der Waals surface area contributed by atoms with Crippen LogP contribution in [0.1, 0.15) is 0 Å². The van der Waals surface area contributed by atoms with Gasteiger partial charge >= 0.3 is 5.97 Å². The Bertz CT molecular complexity index is 440. The van der Waals surface area contributed by atoms with Crippen LogP contribution >= 0.6 is 43.6 Å². The molecule has 0 spiro atoms. The highest BCUT2D eigenvalue weighted by Crippen LogP contribution is 2.26. The number of aliphatic carboxylic acids is 1. The number of nitrogens with one attached hydrogen (secondary N) is 1. The first-order valence-corrected chi connectivity index (χ1v) is 7.27. The molecule has 0 radical (unpaired) electrons. The topological polar surface area (TPSA) is 66.4 Å². The van der Waals surface area contributed by atoms with Gasteiger partial charge in [0.15, 0.2) is 0 Å². The van der Waals surface area contributed by atoms with Crippen LogP contribution in [-0.4, -0.2) is 28.5 Å². The van der Waals surface area contributed by atoms with E-state index in [1.54, 1.807) is 6.07 Å². The van der Waals surface area contributed by atoms with Gasteiger partial charge in [0.2, 0.25) is 5.91 Å². The number of amides is 1. The molecule has 4 nitrogen and oxygen atoms in total. The van der Waals surface area contributed by atoms with Gasteiger partial charge in [-0.3, -0.25) is 9.59 Å². The minimum Gasteiger partial charge on any atom is -0.481 e. The Morgan fingerprint density at radius 2 is 2.00 bits per heavy atom. The van der Waals surface area contributed by atoms with E-state index in [2.05, 4.69) is 37.2 Å². The maximum atomic E-state index is 11.5. The number of anilines is 1. The Morgan fingerprint density at radius 1 is 1.29 bits per heavy atom. The van der Waals surface area contributed by atoms with Crippen LogP contribution in [-0.2, 0) is 9.59 Å². The summed E-state index contributed by atoms with van der Waals surface area (Å²) in [6.45, 7) is 0. The number of thioether (sulfide) groups is 1. The summed E-state index contributed by atoms with van der Waals surface area (Å²) < 4.78 is 1.63. The first kappa shape index (κ1) is 14.5. The second-order valence-electron chi connectivity index (χ2n) is 3.06. The third-order valence-electron chi connectivity index (χ3n) is 1.66. The number of halogens is 2. The van der Waals surface area contributed by atoms with E-state index in [1.165, 1.54) is 0 Å². The number of carbonyl (C=O) groups excluding carboxylic acids is 1. The molecule has 92 valence electrons. The molecular formula is C10H9Br2NO3S. The van der Waals surface area contributed by atoms with E-state index in [0.717, 1.165) is 20.7 Å². The van der Waals surface area contributed by atoms with Gasteiger partial charge in [0, 0.05) is 8.95 Å². The van der Waals surface area contributed by atoms with Crippen molar-refractivity contribution in [3.05, 3.63) is 27.1 Å². The molecule has 0 fully saturated rings. The lowest BCUT2D eigenvalue weighted by Crippen LogP contribution is -2.15. The van der Waals surface area contributed by atoms with E-state index in [1.807, 2.05) is 12.1 Å². The summed E-state index contributed by atoms with van der Waals surface area (Å²) >= 11 is 7.68. The van der Waals surface area contributed by atoms with Gasteiger partial charge in [0.05, 0.1) is 17.2 Å². The Morgan fingerprint density at radius 3 is 2.65 bits per heavy atom. The molecule has 0 unspecified atom stereocenters. The monoisotopic (exact) mass is 381 g/mol. The lowest BCUT2D eigenvalue weighted by molar-refractivity contribution is -0.133. The maximum Gasteiger partial charge on any atom is 0.313 e. The second kappa shape index (κ2) is 7.03. The predicted octanol–water partition coefficient (Wildman–Crippen LogP) is 2.97. The Kier molecular flexibility index (Phi) is 6.01. The zero-order chi connectivity index (χ0) is 12.8. The van der Waals surface area contributed by atoms with Gasteiger partial charge in [0.25, 0.3) is 0 Å². The van der Waals surface area contributed by atoms with Crippen LogP contribution in [0.3, 0.4) is 0 Å². The first-order chi connectivity index (χ1) is 7.99. The maximum absolute atomic E-state index is 11.5. The summed E-state index contributed by atoms with van der Waals surface area (Å²) in [7, 11) is 0. The average molecular weight is 383 g/mol. The minimum atomic E-state index is -0.925. The fourth-order valence-electron chi connectivity index (χ4n) is 1.01. The van der Waals surface area contributed by atoms with Crippen molar-refractivity contribution in [3.8, 4) is 0 Å². The van der Waals surface area contributed by atoms with E-state index in [4.69, 9.17) is 5.11 Å². The summed E-state index contributed by atoms with van der Waals surface area (Å²) in [5.41, 5.74) is 0.653. The van der Waals surface area contributed by atoms with Gasteiger partial charge in [-0.2, -0.15) is 0 Å². The van der Waals surface area contributed by atoms with E-state index in [9.17, 15) is 9.59 Å². The van der Waals surface area contributed by atoms with Crippen molar-refractivity contribution in [1.82, 2.24) is 0 Å². The summed E-state index contributed by atoms with van der Waals surface area (Å²) in [5.74, 6) is -1.11. The number of hydrogen-bond acceptors (Lipinski definition) is 3. The van der Waals surface area contributed by atoms with Gasteiger partial charge in [-0.1, -0.05) is 15.9 Å². The zero-order valence-electron chi connectivity index (χ0n) is 8.57. The van der Waals surface area contributed by atoms with Crippen molar-refractivity contribution in [2.75, 3.05) is 16.8 Å². The second-order valence-corrected chi connectivity index (χ2v) is 5.81. The molecule has 0 aromatic heterocycles. The SMILES string of the molecule is O=C(O)CSCC(=O)Nc1cc(Br)ccc1Br. The largest absolute Gasteiger partial charge is 0.481 e. The molecule has 0 aliphatic carbocycles. The molecule has 0 saturated heterocycles. The molecule has 0 saturated carbocycles. The van der Waals surface area contributed by atoms with Gasteiger partial charge in [-0.25, -0.2) is 0 Å². The first-order valence-electron chi connectivity index (χ1n) is 4.53. The Labute approximate surface area is 119 Å². The number of carbonyl (C=O) groups is 2. The smallest absolute Gasteiger partial charge is 0.313 e.